The molecule has 0 aromatic rings. The second-order valence-corrected chi connectivity index (χ2v) is 6.28. The van der Waals surface area contributed by atoms with E-state index in [1.807, 2.05) is 0 Å². The average Bonchev–Trinajstić information content (AvgIpc) is 2.48. The summed E-state index contributed by atoms with van der Waals surface area (Å²) in [6, 6.07) is 0. The molecule has 1 aliphatic heterocycles. The summed E-state index contributed by atoms with van der Waals surface area (Å²) in [6.07, 6.45) is 8.93. The Balaban J connectivity index is 1.98. The summed E-state index contributed by atoms with van der Waals surface area (Å²) in [5.41, 5.74) is -0.207. The molecule has 1 saturated carbocycles. The van der Waals surface area contributed by atoms with Gasteiger partial charge in [0.1, 0.15) is 6.10 Å². The van der Waals surface area contributed by atoms with Crippen LogP contribution in [0.2, 0.25) is 0 Å². The first-order valence-corrected chi connectivity index (χ1v) is 8.13. The van der Waals surface area contributed by atoms with E-state index in [4.69, 9.17) is 4.74 Å². The number of nitrogens with one attached hydrogen (secondary N) is 1. The Morgan fingerprint density at radius 2 is 1.89 bits per heavy atom. The highest BCUT2D eigenvalue weighted by Crippen LogP contribution is 2.37. The lowest BCUT2D eigenvalue weighted by molar-refractivity contribution is -0.168. The van der Waals surface area contributed by atoms with E-state index in [1.54, 1.807) is 0 Å². The third kappa shape index (κ3) is 3.31. The molecular weight excluding hydrogens is 238 g/mol. The zero-order chi connectivity index (χ0) is 13.7. The Kier molecular flexibility index (Phi) is 5.26. The van der Waals surface area contributed by atoms with Gasteiger partial charge in [-0.05, 0) is 64.0 Å². The van der Waals surface area contributed by atoms with Crippen molar-refractivity contribution in [2.75, 3.05) is 13.1 Å². The number of carbonyl (C=O) groups is 1. The summed E-state index contributed by atoms with van der Waals surface area (Å²) in [5, 5.41) is 3.34. The Bertz CT molecular complexity index is 297. The summed E-state index contributed by atoms with van der Waals surface area (Å²) in [6.45, 7) is 6.25. The Morgan fingerprint density at radius 1 is 1.21 bits per heavy atom. The van der Waals surface area contributed by atoms with Gasteiger partial charge in [-0.25, -0.2) is 0 Å². The standard InChI is InChI=1S/C16H29NO2/c1-3-13-7-5-6-8-14(13)19-15(18)16(4-2)9-11-17-12-10-16/h13-14,17H,3-12H2,1-2H3. The van der Waals surface area contributed by atoms with Crippen molar-refractivity contribution >= 4 is 5.97 Å². The first-order chi connectivity index (χ1) is 9.22. The third-order valence-electron chi connectivity index (χ3n) is 5.29. The second kappa shape index (κ2) is 6.74. The molecule has 110 valence electrons. The molecule has 2 atom stereocenters. The molecule has 2 fully saturated rings. The minimum absolute atomic E-state index is 0.0850. The van der Waals surface area contributed by atoms with Crippen LogP contribution in [0.15, 0.2) is 0 Å². The maximum absolute atomic E-state index is 12.6. The number of piperidine rings is 1. The molecule has 2 rings (SSSR count). The van der Waals surface area contributed by atoms with E-state index >= 15 is 0 Å². The molecule has 0 radical (unpaired) electrons. The Morgan fingerprint density at radius 3 is 2.53 bits per heavy atom. The van der Waals surface area contributed by atoms with Gasteiger partial charge in [0, 0.05) is 0 Å². The molecule has 0 aromatic heterocycles. The molecule has 0 aromatic carbocycles. The van der Waals surface area contributed by atoms with Gasteiger partial charge in [-0.15, -0.1) is 0 Å². The van der Waals surface area contributed by atoms with Crippen LogP contribution in [-0.2, 0) is 9.53 Å². The fourth-order valence-corrected chi connectivity index (χ4v) is 3.67. The zero-order valence-corrected chi connectivity index (χ0v) is 12.5. The van der Waals surface area contributed by atoms with Gasteiger partial charge in [-0.2, -0.15) is 0 Å². The van der Waals surface area contributed by atoms with Gasteiger partial charge >= 0.3 is 5.97 Å². The first-order valence-electron chi connectivity index (χ1n) is 8.13. The summed E-state index contributed by atoms with van der Waals surface area (Å²) in [7, 11) is 0. The number of carbonyl (C=O) groups excluding carboxylic acids is 1. The topological polar surface area (TPSA) is 38.3 Å². The van der Waals surface area contributed by atoms with Crippen LogP contribution in [0.3, 0.4) is 0 Å². The van der Waals surface area contributed by atoms with E-state index < -0.39 is 0 Å². The van der Waals surface area contributed by atoms with Gasteiger partial charge in [-0.3, -0.25) is 4.79 Å². The molecule has 0 bridgehead atoms. The number of hydrogen-bond acceptors (Lipinski definition) is 3. The van der Waals surface area contributed by atoms with Gasteiger partial charge in [0.25, 0.3) is 0 Å². The molecular formula is C16H29NO2. The van der Waals surface area contributed by atoms with Crippen molar-refractivity contribution in [3.63, 3.8) is 0 Å². The van der Waals surface area contributed by atoms with E-state index in [2.05, 4.69) is 19.2 Å². The maximum atomic E-state index is 12.6. The minimum atomic E-state index is -0.207. The number of hydrogen-bond donors (Lipinski definition) is 1. The van der Waals surface area contributed by atoms with Crippen molar-refractivity contribution in [2.45, 2.75) is 71.3 Å². The highest BCUT2D eigenvalue weighted by Gasteiger charge is 2.41. The molecule has 2 aliphatic rings. The minimum Gasteiger partial charge on any atom is -0.462 e. The van der Waals surface area contributed by atoms with E-state index in [9.17, 15) is 4.79 Å². The van der Waals surface area contributed by atoms with Crippen molar-refractivity contribution < 1.29 is 9.53 Å². The van der Waals surface area contributed by atoms with Crippen LogP contribution in [0.1, 0.15) is 65.2 Å². The molecule has 1 N–H and O–H groups in total. The first kappa shape index (κ1) is 14.8. The van der Waals surface area contributed by atoms with Crippen molar-refractivity contribution in [3.8, 4) is 0 Å². The van der Waals surface area contributed by atoms with Gasteiger partial charge in [-0.1, -0.05) is 20.3 Å². The predicted octanol–water partition coefficient (Wildman–Crippen LogP) is 3.28. The van der Waals surface area contributed by atoms with E-state index in [0.29, 0.717) is 5.92 Å². The number of rotatable bonds is 4. The van der Waals surface area contributed by atoms with E-state index in [0.717, 1.165) is 45.2 Å². The van der Waals surface area contributed by atoms with Crippen molar-refractivity contribution in [1.29, 1.82) is 0 Å². The Labute approximate surface area is 117 Å². The summed E-state index contributed by atoms with van der Waals surface area (Å²) < 4.78 is 5.96. The average molecular weight is 267 g/mol. The highest BCUT2D eigenvalue weighted by molar-refractivity contribution is 5.77. The second-order valence-electron chi connectivity index (χ2n) is 6.28. The summed E-state index contributed by atoms with van der Waals surface area (Å²) in [4.78, 5) is 12.6. The van der Waals surface area contributed by atoms with Crippen molar-refractivity contribution in [1.82, 2.24) is 5.32 Å². The van der Waals surface area contributed by atoms with Gasteiger partial charge < -0.3 is 10.1 Å². The fraction of sp³-hybridized carbons (Fsp3) is 0.938. The molecule has 0 amide bonds. The van der Waals surface area contributed by atoms with E-state index in [1.165, 1.54) is 19.3 Å². The van der Waals surface area contributed by atoms with Crippen LogP contribution in [0.4, 0.5) is 0 Å². The van der Waals surface area contributed by atoms with Crippen molar-refractivity contribution in [2.24, 2.45) is 11.3 Å². The highest BCUT2D eigenvalue weighted by atomic mass is 16.5. The predicted molar refractivity (Wildman–Crippen MR) is 77.0 cm³/mol. The summed E-state index contributed by atoms with van der Waals surface area (Å²) in [5.74, 6) is 0.676. The zero-order valence-electron chi connectivity index (χ0n) is 12.5. The van der Waals surface area contributed by atoms with Crippen LogP contribution >= 0.6 is 0 Å². The number of esters is 1. The molecule has 2 unspecified atom stereocenters. The fourth-order valence-electron chi connectivity index (χ4n) is 3.67. The van der Waals surface area contributed by atoms with Crippen LogP contribution in [0, 0.1) is 11.3 Å². The monoisotopic (exact) mass is 267 g/mol. The smallest absolute Gasteiger partial charge is 0.312 e. The van der Waals surface area contributed by atoms with Crippen LogP contribution in [0.25, 0.3) is 0 Å². The number of ether oxygens (including phenoxy) is 1. The Hall–Kier alpha value is -0.570. The lowest BCUT2D eigenvalue weighted by atomic mass is 9.76. The van der Waals surface area contributed by atoms with Crippen LogP contribution in [0.5, 0.6) is 0 Å². The van der Waals surface area contributed by atoms with Crippen molar-refractivity contribution in [3.05, 3.63) is 0 Å². The SMILES string of the molecule is CCC1CCCCC1OC(=O)C1(CC)CCNCC1. The molecule has 0 spiro atoms. The molecule has 1 aliphatic carbocycles. The normalized spacial score (nSPS) is 30.8. The molecule has 1 heterocycles. The summed E-state index contributed by atoms with van der Waals surface area (Å²) >= 11 is 0. The van der Waals surface area contributed by atoms with Gasteiger partial charge in [0.15, 0.2) is 0 Å². The maximum Gasteiger partial charge on any atom is 0.312 e. The quantitative estimate of drug-likeness (QED) is 0.794. The largest absolute Gasteiger partial charge is 0.462 e. The van der Waals surface area contributed by atoms with Crippen LogP contribution in [-0.4, -0.2) is 25.2 Å². The molecule has 3 heteroatoms. The van der Waals surface area contributed by atoms with Gasteiger partial charge in [0.05, 0.1) is 5.41 Å². The van der Waals surface area contributed by atoms with E-state index in [-0.39, 0.29) is 17.5 Å². The van der Waals surface area contributed by atoms with Gasteiger partial charge in [0.2, 0.25) is 0 Å². The van der Waals surface area contributed by atoms with Crippen LogP contribution < -0.4 is 5.32 Å². The lowest BCUT2D eigenvalue weighted by Gasteiger charge is -2.38. The molecule has 19 heavy (non-hydrogen) atoms. The third-order valence-corrected chi connectivity index (χ3v) is 5.29. The molecule has 1 saturated heterocycles. The molecule has 3 nitrogen and oxygen atoms in total. The lowest BCUT2D eigenvalue weighted by Crippen LogP contribution is -2.44.